The lowest BCUT2D eigenvalue weighted by Gasteiger charge is -2.31. The first kappa shape index (κ1) is 20.6. The summed E-state index contributed by atoms with van der Waals surface area (Å²) in [6.45, 7) is 1.60. The number of pyridine rings is 1. The van der Waals surface area contributed by atoms with Crippen molar-refractivity contribution in [2.24, 2.45) is 5.92 Å². The molecule has 6 heteroatoms. The van der Waals surface area contributed by atoms with Gasteiger partial charge in [0.2, 0.25) is 5.91 Å². The number of aromatic nitrogens is 1. The van der Waals surface area contributed by atoms with E-state index in [0.29, 0.717) is 38.0 Å². The number of hydrogen-bond donors (Lipinski definition) is 1. The number of hydrogen-bond acceptors (Lipinski definition) is 4. The first-order valence-electron chi connectivity index (χ1n) is 10.5. The van der Waals surface area contributed by atoms with Crippen LogP contribution in [0.3, 0.4) is 0 Å². The van der Waals surface area contributed by atoms with Crippen LogP contribution in [-0.2, 0) is 11.3 Å². The molecular formula is C25H25N3O3. The highest BCUT2D eigenvalue weighted by molar-refractivity contribution is 5.94. The van der Waals surface area contributed by atoms with Gasteiger partial charge in [-0.15, -0.1) is 0 Å². The fourth-order valence-corrected chi connectivity index (χ4v) is 3.69. The second-order valence-corrected chi connectivity index (χ2v) is 7.59. The van der Waals surface area contributed by atoms with Gasteiger partial charge in [-0.05, 0) is 54.8 Å². The fourth-order valence-electron chi connectivity index (χ4n) is 3.69. The van der Waals surface area contributed by atoms with Crippen LogP contribution in [0.15, 0.2) is 79.1 Å². The highest BCUT2D eigenvalue weighted by atomic mass is 16.5. The first-order chi connectivity index (χ1) is 15.2. The number of carbonyl (C=O) groups is 2. The van der Waals surface area contributed by atoms with Gasteiger partial charge in [-0.25, -0.2) is 0 Å². The van der Waals surface area contributed by atoms with E-state index >= 15 is 0 Å². The van der Waals surface area contributed by atoms with Crippen molar-refractivity contribution in [1.29, 1.82) is 0 Å². The molecule has 1 aliphatic heterocycles. The van der Waals surface area contributed by atoms with E-state index in [9.17, 15) is 9.59 Å². The van der Waals surface area contributed by atoms with Gasteiger partial charge in [0.05, 0.1) is 5.56 Å². The lowest BCUT2D eigenvalue weighted by Crippen LogP contribution is -2.42. The van der Waals surface area contributed by atoms with E-state index in [1.54, 1.807) is 29.4 Å². The predicted molar refractivity (Wildman–Crippen MR) is 118 cm³/mol. The third-order valence-electron chi connectivity index (χ3n) is 5.41. The minimum atomic E-state index is -0.0818. The van der Waals surface area contributed by atoms with Gasteiger partial charge in [0.15, 0.2) is 0 Å². The monoisotopic (exact) mass is 415 g/mol. The standard InChI is InChI=1S/C25H25N3O3/c29-24(20-11-14-28(15-12-20)25(30)21-7-5-13-26-18-21)27-17-19-6-4-10-23(16-19)31-22-8-2-1-3-9-22/h1-10,13,16,18,20H,11-12,14-15,17H2,(H,27,29). The van der Waals surface area contributed by atoms with Crippen LogP contribution in [0.25, 0.3) is 0 Å². The highest BCUT2D eigenvalue weighted by Gasteiger charge is 2.27. The van der Waals surface area contributed by atoms with Crippen LogP contribution in [0.4, 0.5) is 0 Å². The van der Waals surface area contributed by atoms with Crippen LogP contribution in [0.1, 0.15) is 28.8 Å². The maximum Gasteiger partial charge on any atom is 0.255 e. The summed E-state index contributed by atoms with van der Waals surface area (Å²) in [5.74, 6) is 1.43. The van der Waals surface area contributed by atoms with E-state index in [1.165, 1.54) is 0 Å². The Morgan fingerprint density at radius 1 is 0.968 bits per heavy atom. The molecule has 1 aliphatic rings. The number of amides is 2. The molecule has 158 valence electrons. The molecule has 0 bridgehead atoms. The zero-order valence-corrected chi connectivity index (χ0v) is 17.2. The van der Waals surface area contributed by atoms with Gasteiger partial charge < -0.3 is 15.0 Å². The molecule has 1 saturated heterocycles. The van der Waals surface area contributed by atoms with Crippen LogP contribution in [0.5, 0.6) is 11.5 Å². The van der Waals surface area contributed by atoms with Crippen LogP contribution >= 0.6 is 0 Å². The summed E-state index contributed by atoms with van der Waals surface area (Å²) >= 11 is 0. The van der Waals surface area contributed by atoms with E-state index in [2.05, 4.69) is 10.3 Å². The van der Waals surface area contributed by atoms with Crippen LogP contribution in [0, 0.1) is 5.92 Å². The average Bonchev–Trinajstić information content (AvgIpc) is 2.83. The van der Waals surface area contributed by atoms with Crippen molar-refractivity contribution in [3.63, 3.8) is 0 Å². The molecule has 0 spiro atoms. The Labute approximate surface area is 181 Å². The molecule has 2 aromatic carbocycles. The SMILES string of the molecule is O=C(NCc1cccc(Oc2ccccc2)c1)C1CCN(C(=O)c2cccnc2)CC1. The van der Waals surface area contributed by atoms with E-state index in [0.717, 1.165) is 17.1 Å². The fraction of sp³-hybridized carbons (Fsp3) is 0.240. The maximum absolute atomic E-state index is 12.6. The third kappa shape index (κ3) is 5.48. The van der Waals surface area contributed by atoms with Crippen LogP contribution in [0.2, 0.25) is 0 Å². The molecule has 4 rings (SSSR count). The molecule has 2 amide bonds. The van der Waals surface area contributed by atoms with Crippen molar-refractivity contribution in [2.45, 2.75) is 19.4 Å². The summed E-state index contributed by atoms with van der Waals surface area (Å²) < 4.78 is 5.86. The van der Waals surface area contributed by atoms with Gasteiger partial charge in [-0.3, -0.25) is 14.6 Å². The van der Waals surface area contributed by atoms with Crippen molar-refractivity contribution in [2.75, 3.05) is 13.1 Å². The van der Waals surface area contributed by atoms with Crippen molar-refractivity contribution in [1.82, 2.24) is 15.2 Å². The molecular weight excluding hydrogens is 390 g/mol. The number of para-hydroxylation sites is 1. The smallest absolute Gasteiger partial charge is 0.255 e. The predicted octanol–water partition coefficient (Wildman–Crippen LogP) is 4.04. The molecule has 0 aliphatic carbocycles. The quantitative estimate of drug-likeness (QED) is 0.660. The number of rotatable bonds is 6. The molecule has 0 atom stereocenters. The number of piperidine rings is 1. The van der Waals surface area contributed by atoms with E-state index < -0.39 is 0 Å². The number of nitrogens with one attached hydrogen (secondary N) is 1. The van der Waals surface area contributed by atoms with Gasteiger partial charge in [-0.1, -0.05) is 30.3 Å². The van der Waals surface area contributed by atoms with Crippen molar-refractivity contribution in [3.8, 4) is 11.5 Å². The molecule has 6 nitrogen and oxygen atoms in total. The minimum Gasteiger partial charge on any atom is -0.457 e. The molecule has 31 heavy (non-hydrogen) atoms. The topological polar surface area (TPSA) is 71.5 Å². The zero-order valence-electron chi connectivity index (χ0n) is 17.2. The van der Waals surface area contributed by atoms with Gasteiger partial charge >= 0.3 is 0 Å². The second kappa shape index (κ2) is 9.89. The summed E-state index contributed by atoms with van der Waals surface area (Å²) in [5.41, 5.74) is 1.56. The highest BCUT2D eigenvalue weighted by Crippen LogP contribution is 2.22. The Bertz CT molecular complexity index is 1020. The maximum atomic E-state index is 12.6. The zero-order chi connectivity index (χ0) is 21.5. The molecule has 3 aromatic rings. The van der Waals surface area contributed by atoms with Crippen molar-refractivity contribution < 1.29 is 14.3 Å². The molecule has 1 N–H and O–H groups in total. The van der Waals surface area contributed by atoms with Crippen LogP contribution in [-0.4, -0.2) is 34.8 Å². The van der Waals surface area contributed by atoms with Crippen molar-refractivity contribution >= 4 is 11.8 Å². The Hall–Kier alpha value is -3.67. The Balaban J connectivity index is 1.26. The lowest BCUT2D eigenvalue weighted by molar-refractivity contribution is -0.126. The normalized spacial score (nSPS) is 14.1. The number of nitrogens with zero attached hydrogens (tertiary/aromatic N) is 2. The largest absolute Gasteiger partial charge is 0.457 e. The third-order valence-corrected chi connectivity index (χ3v) is 5.41. The molecule has 1 fully saturated rings. The summed E-state index contributed by atoms with van der Waals surface area (Å²) in [5, 5.41) is 3.03. The summed E-state index contributed by atoms with van der Waals surface area (Å²) in [6.07, 6.45) is 4.55. The number of ether oxygens (including phenoxy) is 1. The van der Waals surface area contributed by atoms with E-state index in [-0.39, 0.29) is 17.7 Å². The molecule has 2 heterocycles. The summed E-state index contributed by atoms with van der Waals surface area (Å²) in [7, 11) is 0. The first-order valence-corrected chi connectivity index (χ1v) is 10.5. The lowest BCUT2D eigenvalue weighted by atomic mass is 9.95. The van der Waals surface area contributed by atoms with Gasteiger partial charge in [0.25, 0.3) is 5.91 Å². The summed E-state index contributed by atoms with van der Waals surface area (Å²) in [6, 6.07) is 20.8. The van der Waals surface area contributed by atoms with Crippen molar-refractivity contribution in [3.05, 3.63) is 90.3 Å². The Morgan fingerprint density at radius 3 is 2.48 bits per heavy atom. The van der Waals surface area contributed by atoms with Gasteiger partial charge in [0, 0.05) is 37.9 Å². The van der Waals surface area contributed by atoms with Gasteiger partial charge in [0.1, 0.15) is 11.5 Å². The molecule has 1 aromatic heterocycles. The van der Waals surface area contributed by atoms with E-state index in [4.69, 9.17) is 4.74 Å². The number of likely N-dealkylation sites (tertiary alicyclic amines) is 1. The summed E-state index contributed by atoms with van der Waals surface area (Å²) in [4.78, 5) is 31.0. The van der Waals surface area contributed by atoms with E-state index in [1.807, 2.05) is 54.6 Å². The van der Waals surface area contributed by atoms with Gasteiger partial charge in [-0.2, -0.15) is 0 Å². The second-order valence-electron chi connectivity index (χ2n) is 7.59. The molecule has 0 radical (unpaired) electrons. The van der Waals surface area contributed by atoms with Crippen LogP contribution < -0.4 is 10.1 Å². The number of carbonyl (C=O) groups excluding carboxylic acids is 2. The number of benzene rings is 2. The average molecular weight is 415 g/mol. The Kier molecular flexibility index (Phi) is 6.57. The Morgan fingerprint density at radius 2 is 1.74 bits per heavy atom. The molecule has 0 unspecified atom stereocenters. The minimum absolute atomic E-state index is 0.0258. The molecule has 0 saturated carbocycles.